The Morgan fingerprint density at radius 3 is 2.88 bits per heavy atom. The Balaban J connectivity index is 1.71. The first-order valence-corrected chi connectivity index (χ1v) is 6.29. The summed E-state index contributed by atoms with van der Waals surface area (Å²) in [4.78, 5) is 11.4. The zero-order valence-electron chi connectivity index (χ0n) is 10.1. The van der Waals surface area contributed by atoms with E-state index in [0.717, 1.165) is 18.4 Å². The second-order valence-corrected chi connectivity index (χ2v) is 4.92. The molecule has 1 fully saturated rings. The molecule has 4 unspecified atom stereocenters. The van der Waals surface area contributed by atoms with Gasteiger partial charge >= 0.3 is 5.97 Å². The quantitative estimate of drug-likeness (QED) is 0.570. The number of rotatable bonds is 5. The van der Waals surface area contributed by atoms with Crippen LogP contribution in [0.1, 0.15) is 26.7 Å². The standard InChI is InChI=1S/C13H21NO2/c1-3-16-13(15)9(2)14-8-12-7-10-4-5-11(12)6-10/h4-5,9-12,14H,3,6-8H2,1-2H3. The SMILES string of the molecule is CCOC(=O)C(C)NCC1CC2C=CC1C2. The fourth-order valence-corrected chi connectivity index (χ4v) is 2.81. The van der Waals surface area contributed by atoms with Gasteiger partial charge in [-0.1, -0.05) is 12.2 Å². The fourth-order valence-electron chi connectivity index (χ4n) is 2.81. The summed E-state index contributed by atoms with van der Waals surface area (Å²) in [6, 6.07) is -0.178. The summed E-state index contributed by atoms with van der Waals surface area (Å²) in [5.74, 6) is 2.12. The number of hydrogen-bond acceptors (Lipinski definition) is 3. The van der Waals surface area contributed by atoms with Crippen LogP contribution in [0.15, 0.2) is 12.2 Å². The van der Waals surface area contributed by atoms with Crippen LogP contribution in [0.25, 0.3) is 0 Å². The van der Waals surface area contributed by atoms with Crippen LogP contribution in [-0.4, -0.2) is 25.2 Å². The van der Waals surface area contributed by atoms with Gasteiger partial charge in [0.2, 0.25) is 0 Å². The minimum Gasteiger partial charge on any atom is -0.465 e. The molecule has 4 atom stereocenters. The Morgan fingerprint density at radius 1 is 1.50 bits per heavy atom. The first-order valence-electron chi connectivity index (χ1n) is 6.29. The number of carbonyl (C=O) groups excluding carboxylic acids is 1. The lowest BCUT2D eigenvalue weighted by Gasteiger charge is -2.20. The summed E-state index contributed by atoms with van der Waals surface area (Å²) in [7, 11) is 0. The van der Waals surface area contributed by atoms with E-state index in [4.69, 9.17) is 4.74 Å². The maximum atomic E-state index is 11.4. The highest BCUT2D eigenvalue weighted by molar-refractivity contribution is 5.75. The Labute approximate surface area is 97.2 Å². The molecule has 2 bridgehead atoms. The van der Waals surface area contributed by atoms with E-state index in [2.05, 4.69) is 17.5 Å². The van der Waals surface area contributed by atoms with Crippen LogP contribution in [0.2, 0.25) is 0 Å². The van der Waals surface area contributed by atoms with E-state index in [1.165, 1.54) is 12.8 Å². The van der Waals surface area contributed by atoms with Crippen molar-refractivity contribution in [3.63, 3.8) is 0 Å². The molecule has 0 aromatic heterocycles. The summed E-state index contributed by atoms with van der Waals surface area (Å²) in [6.07, 6.45) is 7.29. The molecule has 0 aromatic carbocycles. The predicted octanol–water partition coefficient (Wildman–Crippen LogP) is 1.74. The molecule has 1 N–H and O–H groups in total. The molecular weight excluding hydrogens is 202 g/mol. The summed E-state index contributed by atoms with van der Waals surface area (Å²) in [5, 5.41) is 3.29. The largest absolute Gasteiger partial charge is 0.465 e. The topological polar surface area (TPSA) is 38.3 Å². The van der Waals surface area contributed by atoms with E-state index in [0.29, 0.717) is 12.5 Å². The highest BCUT2D eigenvalue weighted by Gasteiger charge is 2.35. The average molecular weight is 223 g/mol. The summed E-state index contributed by atoms with van der Waals surface area (Å²) in [6.45, 7) is 5.11. The first kappa shape index (κ1) is 11.6. The molecule has 0 heterocycles. The maximum Gasteiger partial charge on any atom is 0.322 e. The van der Waals surface area contributed by atoms with Gasteiger partial charge in [0, 0.05) is 0 Å². The van der Waals surface area contributed by atoms with Crippen LogP contribution in [-0.2, 0) is 9.53 Å². The van der Waals surface area contributed by atoms with E-state index in [-0.39, 0.29) is 12.0 Å². The summed E-state index contributed by atoms with van der Waals surface area (Å²) < 4.78 is 4.97. The van der Waals surface area contributed by atoms with Crippen molar-refractivity contribution in [1.82, 2.24) is 5.32 Å². The molecule has 0 spiro atoms. The van der Waals surface area contributed by atoms with E-state index in [1.54, 1.807) is 0 Å². The van der Waals surface area contributed by atoms with E-state index >= 15 is 0 Å². The molecule has 1 saturated carbocycles. The van der Waals surface area contributed by atoms with Gasteiger partial charge in [0.05, 0.1) is 6.61 Å². The van der Waals surface area contributed by atoms with E-state index in [9.17, 15) is 4.79 Å². The van der Waals surface area contributed by atoms with Crippen LogP contribution in [0.5, 0.6) is 0 Å². The van der Waals surface area contributed by atoms with Crippen molar-refractivity contribution in [3.05, 3.63) is 12.2 Å². The number of esters is 1. The van der Waals surface area contributed by atoms with Gasteiger partial charge in [-0.2, -0.15) is 0 Å². The van der Waals surface area contributed by atoms with E-state index in [1.807, 2.05) is 13.8 Å². The molecule has 16 heavy (non-hydrogen) atoms. The molecule has 2 aliphatic rings. The molecule has 0 aromatic rings. The molecule has 2 rings (SSSR count). The predicted molar refractivity (Wildman–Crippen MR) is 62.9 cm³/mol. The molecule has 3 nitrogen and oxygen atoms in total. The van der Waals surface area contributed by atoms with Crippen molar-refractivity contribution in [2.45, 2.75) is 32.7 Å². The van der Waals surface area contributed by atoms with Crippen LogP contribution in [0.3, 0.4) is 0 Å². The lowest BCUT2D eigenvalue weighted by molar-refractivity contribution is -0.145. The molecule has 0 saturated heterocycles. The Hall–Kier alpha value is -0.830. The van der Waals surface area contributed by atoms with Crippen molar-refractivity contribution in [2.24, 2.45) is 17.8 Å². The molecule has 0 radical (unpaired) electrons. The third-order valence-electron chi connectivity index (χ3n) is 3.74. The lowest BCUT2D eigenvalue weighted by atomic mass is 9.93. The normalized spacial score (nSPS) is 33.0. The van der Waals surface area contributed by atoms with Crippen molar-refractivity contribution < 1.29 is 9.53 Å². The molecular formula is C13H21NO2. The van der Waals surface area contributed by atoms with Gasteiger partial charge in [0.1, 0.15) is 6.04 Å². The highest BCUT2D eigenvalue weighted by Crippen LogP contribution is 2.42. The van der Waals surface area contributed by atoms with Crippen LogP contribution in [0, 0.1) is 17.8 Å². The van der Waals surface area contributed by atoms with Crippen molar-refractivity contribution in [3.8, 4) is 0 Å². The van der Waals surface area contributed by atoms with Crippen molar-refractivity contribution in [2.75, 3.05) is 13.2 Å². The number of carbonyl (C=O) groups is 1. The number of allylic oxidation sites excluding steroid dienone is 2. The summed E-state index contributed by atoms with van der Waals surface area (Å²) >= 11 is 0. The van der Waals surface area contributed by atoms with Gasteiger partial charge in [-0.3, -0.25) is 4.79 Å². The van der Waals surface area contributed by atoms with Crippen LogP contribution in [0.4, 0.5) is 0 Å². The maximum absolute atomic E-state index is 11.4. The second-order valence-electron chi connectivity index (χ2n) is 4.92. The average Bonchev–Trinajstić information content (AvgIpc) is 2.87. The molecule has 0 aliphatic heterocycles. The fraction of sp³-hybridized carbons (Fsp3) is 0.769. The lowest BCUT2D eigenvalue weighted by Crippen LogP contribution is -2.39. The van der Waals surface area contributed by atoms with Crippen LogP contribution < -0.4 is 5.32 Å². The minimum atomic E-state index is -0.178. The van der Waals surface area contributed by atoms with Gasteiger partial charge < -0.3 is 10.1 Å². The monoisotopic (exact) mass is 223 g/mol. The Bertz CT molecular complexity index is 288. The number of nitrogens with one attached hydrogen (secondary N) is 1. The number of ether oxygens (including phenoxy) is 1. The van der Waals surface area contributed by atoms with Gasteiger partial charge in [-0.15, -0.1) is 0 Å². The molecule has 2 aliphatic carbocycles. The van der Waals surface area contributed by atoms with Gasteiger partial charge in [0.15, 0.2) is 0 Å². The number of hydrogen-bond donors (Lipinski definition) is 1. The van der Waals surface area contributed by atoms with Crippen molar-refractivity contribution in [1.29, 1.82) is 0 Å². The first-order chi connectivity index (χ1) is 7.70. The zero-order valence-corrected chi connectivity index (χ0v) is 10.1. The van der Waals surface area contributed by atoms with Gasteiger partial charge in [0.25, 0.3) is 0 Å². The smallest absolute Gasteiger partial charge is 0.322 e. The zero-order chi connectivity index (χ0) is 11.5. The summed E-state index contributed by atoms with van der Waals surface area (Å²) in [5.41, 5.74) is 0. The van der Waals surface area contributed by atoms with Crippen molar-refractivity contribution >= 4 is 5.97 Å². The molecule has 3 heteroatoms. The molecule has 0 amide bonds. The minimum absolute atomic E-state index is 0.138. The number of fused-ring (bicyclic) bond motifs is 2. The van der Waals surface area contributed by atoms with E-state index < -0.39 is 0 Å². The van der Waals surface area contributed by atoms with Crippen LogP contribution >= 0.6 is 0 Å². The Kier molecular flexibility index (Phi) is 3.64. The second kappa shape index (κ2) is 5.00. The van der Waals surface area contributed by atoms with Gasteiger partial charge in [-0.05, 0) is 51.0 Å². The highest BCUT2D eigenvalue weighted by atomic mass is 16.5. The van der Waals surface area contributed by atoms with Gasteiger partial charge in [-0.25, -0.2) is 0 Å². The third kappa shape index (κ3) is 2.46. The Morgan fingerprint density at radius 2 is 2.31 bits per heavy atom. The molecule has 90 valence electrons. The third-order valence-corrected chi connectivity index (χ3v) is 3.74.